The molecule has 3 aromatic rings. The van der Waals surface area contributed by atoms with Crippen LogP contribution in [0, 0.1) is 0 Å². The Morgan fingerprint density at radius 1 is 1.17 bits per heavy atom. The van der Waals surface area contributed by atoms with Gasteiger partial charge in [0, 0.05) is 69.8 Å². The summed E-state index contributed by atoms with van der Waals surface area (Å²) >= 11 is 0. The number of nitrogens with zero attached hydrogens (tertiary/aromatic N) is 4. The lowest BCUT2D eigenvalue weighted by Crippen LogP contribution is -2.32. The van der Waals surface area contributed by atoms with E-state index in [0.717, 1.165) is 38.3 Å². The lowest BCUT2D eigenvalue weighted by molar-refractivity contribution is 0.0947. The Hall–Kier alpha value is -3.65. The quantitative estimate of drug-likeness (QED) is 0.482. The summed E-state index contributed by atoms with van der Waals surface area (Å²) in [4.78, 5) is 28.4. The molecule has 0 saturated heterocycles. The molecule has 1 N–H and O–H groups in total. The van der Waals surface area contributed by atoms with E-state index in [2.05, 4.69) is 40.4 Å². The first-order valence-electron chi connectivity index (χ1n) is 12.1. The molecule has 0 spiro atoms. The number of hydrogen-bond donors (Lipinski definition) is 1. The first-order chi connectivity index (χ1) is 17.0. The van der Waals surface area contributed by atoms with Crippen molar-refractivity contribution in [3.63, 3.8) is 0 Å². The second-order valence-electron chi connectivity index (χ2n) is 8.83. The first kappa shape index (κ1) is 24.5. The highest BCUT2D eigenvalue weighted by molar-refractivity contribution is 5.98. The van der Waals surface area contributed by atoms with Gasteiger partial charge in [-0.1, -0.05) is 42.0 Å². The molecule has 184 valence electrons. The Labute approximate surface area is 205 Å². The molecule has 0 fully saturated rings. The minimum Gasteiger partial charge on any atom is -0.496 e. The number of rotatable bonds is 9. The van der Waals surface area contributed by atoms with Crippen molar-refractivity contribution in [1.29, 1.82) is 0 Å². The maximum atomic E-state index is 13.2. The Balaban J connectivity index is 1.46. The van der Waals surface area contributed by atoms with Crippen LogP contribution in [-0.4, -0.2) is 58.4 Å². The van der Waals surface area contributed by atoms with Gasteiger partial charge in [0.1, 0.15) is 11.3 Å². The van der Waals surface area contributed by atoms with E-state index in [4.69, 9.17) is 4.74 Å². The summed E-state index contributed by atoms with van der Waals surface area (Å²) in [6.07, 6.45) is 7.18. The summed E-state index contributed by atoms with van der Waals surface area (Å²) in [5.74, 6) is 0.124. The van der Waals surface area contributed by atoms with Crippen LogP contribution < -0.4 is 15.6 Å². The van der Waals surface area contributed by atoms with Crippen LogP contribution in [0.25, 0.3) is 6.08 Å². The Morgan fingerprint density at radius 2 is 2.00 bits per heavy atom. The molecular weight excluding hydrogens is 442 g/mol. The highest BCUT2D eigenvalue weighted by atomic mass is 16.5. The molecule has 35 heavy (non-hydrogen) atoms. The number of amides is 1. The lowest BCUT2D eigenvalue weighted by Gasteiger charge is -2.19. The normalized spacial score (nSPS) is 14.3. The van der Waals surface area contributed by atoms with E-state index in [9.17, 15) is 9.59 Å². The summed E-state index contributed by atoms with van der Waals surface area (Å²) in [5.41, 5.74) is 3.50. The van der Waals surface area contributed by atoms with E-state index in [1.807, 2.05) is 35.1 Å². The molecule has 1 aromatic carbocycles. The van der Waals surface area contributed by atoms with E-state index in [-0.39, 0.29) is 11.5 Å². The number of carbonyl (C=O) groups is 1. The van der Waals surface area contributed by atoms with E-state index < -0.39 is 0 Å². The third-order valence-corrected chi connectivity index (χ3v) is 6.23. The molecule has 0 unspecified atom stereocenters. The minimum absolute atomic E-state index is 0.134. The van der Waals surface area contributed by atoms with Crippen LogP contribution in [0.5, 0.6) is 5.75 Å². The van der Waals surface area contributed by atoms with Crippen LogP contribution in [0.15, 0.2) is 65.2 Å². The Bertz CT molecular complexity index is 1220. The molecule has 0 atom stereocenters. The highest BCUT2D eigenvalue weighted by Crippen LogP contribution is 2.23. The van der Waals surface area contributed by atoms with Crippen LogP contribution in [-0.2, 0) is 19.5 Å². The third-order valence-electron chi connectivity index (χ3n) is 6.23. The number of aromatic nitrogens is 3. The molecule has 4 rings (SSSR count). The van der Waals surface area contributed by atoms with Gasteiger partial charge < -0.3 is 14.6 Å². The van der Waals surface area contributed by atoms with Crippen LogP contribution in [0.2, 0.25) is 0 Å². The van der Waals surface area contributed by atoms with Gasteiger partial charge in [0.25, 0.3) is 11.5 Å². The molecule has 1 aliphatic heterocycles. The Kier molecular flexibility index (Phi) is 8.15. The predicted molar refractivity (Wildman–Crippen MR) is 137 cm³/mol. The zero-order chi connectivity index (χ0) is 24.6. The number of nitrogens with one attached hydrogen (secondary N) is 1. The van der Waals surface area contributed by atoms with Gasteiger partial charge in [-0.25, -0.2) is 0 Å². The van der Waals surface area contributed by atoms with Gasteiger partial charge in [0.05, 0.1) is 7.11 Å². The molecule has 1 amide bonds. The Morgan fingerprint density at radius 3 is 2.74 bits per heavy atom. The van der Waals surface area contributed by atoms with E-state index in [0.29, 0.717) is 30.8 Å². The van der Waals surface area contributed by atoms with Crippen LogP contribution in [0.4, 0.5) is 0 Å². The average molecular weight is 476 g/mol. The van der Waals surface area contributed by atoms with Gasteiger partial charge in [0.2, 0.25) is 0 Å². The van der Waals surface area contributed by atoms with E-state index >= 15 is 0 Å². The highest BCUT2D eigenvalue weighted by Gasteiger charge is 2.25. The predicted octanol–water partition coefficient (Wildman–Crippen LogP) is 2.84. The van der Waals surface area contributed by atoms with Crippen LogP contribution in [0.1, 0.15) is 35.0 Å². The van der Waals surface area contributed by atoms with Crippen molar-refractivity contribution in [1.82, 2.24) is 24.6 Å². The first-order valence-corrected chi connectivity index (χ1v) is 12.1. The van der Waals surface area contributed by atoms with Gasteiger partial charge in [-0.2, -0.15) is 5.10 Å². The topological polar surface area (TPSA) is 81.4 Å². The minimum atomic E-state index is -0.209. The smallest absolute Gasteiger partial charge is 0.256 e. The number of benzene rings is 1. The van der Waals surface area contributed by atoms with Crippen molar-refractivity contribution < 1.29 is 9.53 Å². The van der Waals surface area contributed by atoms with Gasteiger partial charge in [-0.3, -0.25) is 19.2 Å². The number of carbonyl (C=O) groups excluding carboxylic acids is 1. The molecule has 0 aliphatic carbocycles. The van der Waals surface area contributed by atoms with E-state index in [1.54, 1.807) is 10.8 Å². The summed E-state index contributed by atoms with van der Waals surface area (Å²) in [5, 5.41) is 7.18. The summed E-state index contributed by atoms with van der Waals surface area (Å²) in [6, 6.07) is 13.6. The third kappa shape index (κ3) is 6.27. The summed E-state index contributed by atoms with van der Waals surface area (Å²) in [6.45, 7) is 6.20. The van der Waals surface area contributed by atoms with E-state index in [1.165, 1.54) is 24.3 Å². The fourth-order valence-corrected chi connectivity index (χ4v) is 4.55. The van der Waals surface area contributed by atoms with Gasteiger partial charge in [0.15, 0.2) is 0 Å². The van der Waals surface area contributed by atoms with Crippen molar-refractivity contribution in [2.24, 2.45) is 0 Å². The molecular formula is C27H33N5O3. The number of hydrogen-bond acceptors (Lipinski definition) is 5. The molecule has 1 aliphatic rings. The molecule has 0 bridgehead atoms. The van der Waals surface area contributed by atoms with Crippen LogP contribution >= 0.6 is 0 Å². The second-order valence-corrected chi connectivity index (χ2v) is 8.83. The fraction of sp³-hybridized carbons (Fsp3) is 0.370. The number of fused-ring (bicyclic) bond motifs is 1. The van der Waals surface area contributed by atoms with Crippen LogP contribution in [0.3, 0.4) is 0 Å². The summed E-state index contributed by atoms with van der Waals surface area (Å²) < 4.78 is 9.04. The summed E-state index contributed by atoms with van der Waals surface area (Å²) in [7, 11) is 1.50. The number of methoxy groups -OCH3 is 1. The van der Waals surface area contributed by atoms with Crippen molar-refractivity contribution in [3.05, 3.63) is 87.6 Å². The van der Waals surface area contributed by atoms with Gasteiger partial charge in [-0.05, 0) is 25.0 Å². The van der Waals surface area contributed by atoms with Crippen molar-refractivity contribution in [3.8, 4) is 5.75 Å². The van der Waals surface area contributed by atoms with Gasteiger partial charge in [-0.15, -0.1) is 0 Å². The molecule has 0 radical (unpaired) electrons. The molecule has 8 heteroatoms. The molecule has 8 nitrogen and oxygen atoms in total. The van der Waals surface area contributed by atoms with Crippen molar-refractivity contribution in [2.75, 3.05) is 33.3 Å². The largest absolute Gasteiger partial charge is 0.496 e. The van der Waals surface area contributed by atoms with Crippen molar-refractivity contribution >= 4 is 12.0 Å². The average Bonchev–Trinajstić information content (AvgIpc) is 3.29. The maximum absolute atomic E-state index is 13.2. The molecule has 0 saturated carbocycles. The zero-order valence-corrected chi connectivity index (χ0v) is 20.4. The van der Waals surface area contributed by atoms with Crippen molar-refractivity contribution in [2.45, 2.75) is 32.9 Å². The maximum Gasteiger partial charge on any atom is 0.256 e. The standard InChI is InChI=1S/C27H33N5O3/c1-21(18-22-8-4-3-5-9-22)20-30-15-10-23-26(24(35-2)19-25(33)32(23)17-16-30)27(34)28-11-6-13-31-14-7-12-29-31/h3-5,7-9,12,14,18-19H,6,10-11,13,15-17,20H2,1-2H3,(H,28,34)/b21-18+. The van der Waals surface area contributed by atoms with Gasteiger partial charge >= 0.3 is 0 Å². The number of aryl methyl sites for hydroxylation is 1. The number of ether oxygens (including phenoxy) is 1. The SMILES string of the molecule is COc1cc(=O)n2c(c1C(=O)NCCCn1cccn1)CCN(C/C(C)=C/c1ccccc1)CC2. The fourth-order valence-electron chi connectivity index (χ4n) is 4.55. The number of pyridine rings is 1. The second kappa shape index (κ2) is 11.7. The monoisotopic (exact) mass is 475 g/mol. The molecule has 3 heterocycles. The lowest BCUT2D eigenvalue weighted by atomic mass is 10.1. The zero-order valence-electron chi connectivity index (χ0n) is 20.4. The molecule has 2 aromatic heterocycles.